The van der Waals surface area contributed by atoms with Crippen LogP contribution in [0, 0.1) is 0 Å². The number of aromatic nitrogens is 2. The molecule has 68 valence electrons. The van der Waals surface area contributed by atoms with Crippen molar-refractivity contribution >= 4 is 11.7 Å². The van der Waals surface area contributed by atoms with E-state index in [9.17, 15) is 4.79 Å². The van der Waals surface area contributed by atoms with E-state index >= 15 is 0 Å². The van der Waals surface area contributed by atoms with Crippen LogP contribution >= 0.6 is 0 Å². The summed E-state index contributed by atoms with van der Waals surface area (Å²) < 4.78 is 0. The maximum atomic E-state index is 11.4. The molecular weight excluding hydrogens is 172 g/mol. The summed E-state index contributed by atoms with van der Waals surface area (Å²) in [4.78, 5) is 19.1. The van der Waals surface area contributed by atoms with Crippen molar-refractivity contribution < 1.29 is 4.79 Å². The highest BCUT2D eigenvalue weighted by molar-refractivity contribution is 5.98. The Morgan fingerprint density at radius 2 is 2.15 bits per heavy atom. The molecule has 1 aliphatic rings. The number of carbonyl (C=O) groups excluding carboxylic acids is 1. The highest BCUT2D eigenvalue weighted by Gasteiger charge is 2.29. The first kappa shape index (κ1) is 7.90. The summed E-state index contributed by atoms with van der Waals surface area (Å²) in [5.74, 6) is 5.29. The number of nitrogens with zero attached hydrogens (tertiary/aromatic N) is 3. The minimum atomic E-state index is -0.753. The van der Waals surface area contributed by atoms with Crippen LogP contribution in [0.2, 0.25) is 0 Å². The van der Waals surface area contributed by atoms with Gasteiger partial charge in [0.2, 0.25) is 0 Å². The molecule has 0 saturated heterocycles. The molecule has 0 radical (unpaired) electrons. The first-order valence-corrected chi connectivity index (χ1v) is 3.61. The Morgan fingerprint density at radius 1 is 1.46 bits per heavy atom. The Kier molecular flexibility index (Phi) is 1.61. The van der Waals surface area contributed by atoms with Crippen LogP contribution < -0.4 is 16.9 Å². The summed E-state index contributed by atoms with van der Waals surface area (Å²) in [5.41, 5.74) is 5.67. The molecular formula is C6H8N6O. The molecule has 0 spiro atoms. The van der Waals surface area contributed by atoms with Crippen molar-refractivity contribution in [2.75, 3.05) is 5.32 Å². The lowest BCUT2D eigenvalue weighted by atomic mass is 10.3. The predicted octanol–water partition coefficient (Wildman–Crippen LogP) is -1.54. The maximum absolute atomic E-state index is 11.4. The summed E-state index contributed by atoms with van der Waals surface area (Å²) in [6.45, 7) is 0. The van der Waals surface area contributed by atoms with E-state index in [2.05, 4.69) is 15.3 Å². The first-order valence-electron chi connectivity index (χ1n) is 3.61. The fourth-order valence-electron chi connectivity index (χ4n) is 1.06. The lowest BCUT2D eigenvalue weighted by molar-refractivity contribution is 0.0681. The van der Waals surface area contributed by atoms with Gasteiger partial charge in [0, 0.05) is 12.4 Å². The smallest absolute Gasteiger partial charge is 0.293 e. The Morgan fingerprint density at radius 3 is 2.92 bits per heavy atom. The number of anilines is 1. The highest BCUT2D eigenvalue weighted by Crippen LogP contribution is 2.15. The molecule has 0 bridgehead atoms. The molecule has 13 heavy (non-hydrogen) atoms. The van der Waals surface area contributed by atoms with Crippen LogP contribution in [0.25, 0.3) is 0 Å². The van der Waals surface area contributed by atoms with Gasteiger partial charge >= 0.3 is 0 Å². The van der Waals surface area contributed by atoms with Crippen molar-refractivity contribution in [1.82, 2.24) is 15.0 Å². The lowest BCUT2D eigenvalue weighted by Crippen LogP contribution is -2.57. The van der Waals surface area contributed by atoms with E-state index in [4.69, 9.17) is 11.6 Å². The van der Waals surface area contributed by atoms with E-state index in [1.165, 1.54) is 12.4 Å². The van der Waals surface area contributed by atoms with E-state index in [-0.39, 0.29) is 5.69 Å². The molecule has 1 amide bonds. The van der Waals surface area contributed by atoms with Gasteiger partial charge in [-0.1, -0.05) is 0 Å². The summed E-state index contributed by atoms with van der Waals surface area (Å²) in [6, 6.07) is 0. The quantitative estimate of drug-likeness (QED) is 0.329. The molecule has 1 atom stereocenters. The molecule has 0 aromatic carbocycles. The van der Waals surface area contributed by atoms with Gasteiger partial charge in [0.1, 0.15) is 0 Å². The zero-order chi connectivity index (χ0) is 9.42. The first-order chi connectivity index (χ1) is 6.20. The van der Waals surface area contributed by atoms with Crippen LogP contribution in [0.1, 0.15) is 10.5 Å². The summed E-state index contributed by atoms with van der Waals surface area (Å²) in [7, 11) is 0. The van der Waals surface area contributed by atoms with E-state index in [0.29, 0.717) is 5.82 Å². The molecule has 0 fully saturated rings. The molecule has 5 N–H and O–H groups in total. The standard InChI is InChI=1S/C6H8N6O/c7-6-11-4-3(5(13)12(6)8)9-1-2-10-4/h1-2,6H,7-8H2,(H,10,11). The summed E-state index contributed by atoms with van der Waals surface area (Å²) >= 11 is 0. The number of rotatable bonds is 0. The van der Waals surface area contributed by atoms with Crippen LogP contribution in [0.5, 0.6) is 0 Å². The number of fused-ring (bicyclic) bond motifs is 1. The van der Waals surface area contributed by atoms with Gasteiger partial charge < -0.3 is 5.32 Å². The number of carbonyl (C=O) groups is 1. The van der Waals surface area contributed by atoms with Gasteiger partial charge in [0.25, 0.3) is 5.91 Å². The molecule has 2 heterocycles. The van der Waals surface area contributed by atoms with Gasteiger partial charge in [0.15, 0.2) is 17.8 Å². The van der Waals surface area contributed by atoms with Crippen LogP contribution in [0.4, 0.5) is 5.82 Å². The zero-order valence-electron chi connectivity index (χ0n) is 6.64. The molecule has 1 aromatic heterocycles. The van der Waals surface area contributed by atoms with Crippen LogP contribution in [-0.2, 0) is 0 Å². The number of hydrazine groups is 1. The third-order valence-electron chi connectivity index (χ3n) is 1.72. The Balaban J connectivity index is 2.49. The second-order valence-electron chi connectivity index (χ2n) is 2.56. The Labute approximate surface area is 73.7 Å². The minimum Gasteiger partial charge on any atom is -0.335 e. The van der Waals surface area contributed by atoms with Gasteiger partial charge in [0.05, 0.1) is 0 Å². The van der Waals surface area contributed by atoms with Crippen molar-refractivity contribution in [1.29, 1.82) is 0 Å². The van der Waals surface area contributed by atoms with Crippen molar-refractivity contribution in [3.8, 4) is 0 Å². The number of amides is 1. The van der Waals surface area contributed by atoms with Crippen LogP contribution in [0.15, 0.2) is 12.4 Å². The van der Waals surface area contributed by atoms with Gasteiger partial charge in [-0.3, -0.25) is 10.5 Å². The minimum absolute atomic E-state index is 0.187. The summed E-state index contributed by atoms with van der Waals surface area (Å²) in [5, 5.41) is 3.60. The molecule has 1 aromatic rings. The van der Waals surface area contributed by atoms with Crippen molar-refractivity contribution in [3.63, 3.8) is 0 Å². The van der Waals surface area contributed by atoms with E-state index in [1.54, 1.807) is 0 Å². The number of nitrogens with one attached hydrogen (secondary N) is 1. The number of hydrogen-bond donors (Lipinski definition) is 3. The number of nitrogens with two attached hydrogens (primary N) is 2. The fourth-order valence-corrected chi connectivity index (χ4v) is 1.06. The molecule has 2 rings (SSSR count). The van der Waals surface area contributed by atoms with Gasteiger partial charge in [-0.25, -0.2) is 20.8 Å². The molecule has 1 unspecified atom stereocenters. The molecule has 7 heteroatoms. The van der Waals surface area contributed by atoms with Gasteiger partial charge in [-0.15, -0.1) is 0 Å². The lowest BCUT2D eigenvalue weighted by Gasteiger charge is -2.29. The predicted molar refractivity (Wildman–Crippen MR) is 44.0 cm³/mol. The topological polar surface area (TPSA) is 110 Å². The largest absolute Gasteiger partial charge is 0.335 e. The van der Waals surface area contributed by atoms with Crippen molar-refractivity contribution in [2.24, 2.45) is 11.6 Å². The summed E-state index contributed by atoms with van der Waals surface area (Å²) in [6.07, 6.45) is 2.14. The van der Waals surface area contributed by atoms with E-state index in [1.807, 2.05) is 0 Å². The molecule has 7 nitrogen and oxygen atoms in total. The normalized spacial score (nSPS) is 20.9. The molecule has 1 aliphatic heterocycles. The Bertz CT molecular complexity index is 353. The van der Waals surface area contributed by atoms with Crippen LogP contribution in [0.3, 0.4) is 0 Å². The van der Waals surface area contributed by atoms with Crippen molar-refractivity contribution in [3.05, 3.63) is 18.1 Å². The van der Waals surface area contributed by atoms with E-state index < -0.39 is 12.2 Å². The second-order valence-corrected chi connectivity index (χ2v) is 2.56. The average Bonchev–Trinajstić information content (AvgIpc) is 2.15. The van der Waals surface area contributed by atoms with Crippen molar-refractivity contribution in [2.45, 2.75) is 6.29 Å². The average molecular weight is 180 g/mol. The second kappa shape index (κ2) is 2.64. The fraction of sp³-hybridized carbons (Fsp3) is 0.167. The monoisotopic (exact) mass is 180 g/mol. The van der Waals surface area contributed by atoms with Gasteiger partial charge in [-0.2, -0.15) is 0 Å². The van der Waals surface area contributed by atoms with Gasteiger partial charge in [-0.05, 0) is 0 Å². The zero-order valence-corrected chi connectivity index (χ0v) is 6.64. The van der Waals surface area contributed by atoms with E-state index in [0.717, 1.165) is 5.01 Å². The molecule has 0 saturated carbocycles. The Hall–Kier alpha value is -1.73. The third-order valence-corrected chi connectivity index (χ3v) is 1.72. The SMILES string of the molecule is NC1Nc2nccnc2C(=O)N1N. The number of hydrogen-bond acceptors (Lipinski definition) is 6. The van der Waals surface area contributed by atoms with Crippen LogP contribution in [-0.4, -0.2) is 27.2 Å². The molecule has 0 aliphatic carbocycles. The maximum Gasteiger partial charge on any atom is 0.293 e. The highest BCUT2D eigenvalue weighted by atomic mass is 16.2. The third kappa shape index (κ3) is 1.10.